The molecule has 2 aromatic rings. The quantitative estimate of drug-likeness (QED) is 0.724. The largest absolute Gasteiger partial charge is 0.437 e. The van der Waals surface area contributed by atoms with Gasteiger partial charge in [-0.25, -0.2) is 4.98 Å². The summed E-state index contributed by atoms with van der Waals surface area (Å²) in [6.07, 6.45) is 1.67. The minimum atomic E-state index is 0.377. The molecule has 0 fully saturated rings. The Morgan fingerprint density at radius 2 is 2.06 bits per heavy atom. The molecule has 0 amide bonds. The van der Waals surface area contributed by atoms with Crippen LogP contribution in [-0.4, -0.2) is 4.98 Å². The first-order valence-corrected chi connectivity index (χ1v) is 6.54. The summed E-state index contributed by atoms with van der Waals surface area (Å²) < 4.78 is 5.65. The summed E-state index contributed by atoms with van der Waals surface area (Å²) in [6.45, 7) is 1.90. The van der Waals surface area contributed by atoms with Gasteiger partial charge in [-0.3, -0.25) is 0 Å². The molecule has 0 aliphatic rings. The minimum absolute atomic E-state index is 0.377. The molecule has 94 valence electrons. The van der Waals surface area contributed by atoms with Gasteiger partial charge in [-0.05, 0) is 30.7 Å². The number of aromatic nitrogens is 1. The van der Waals surface area contributed by atoms with Crippen LogP contribution in [0, 0.1) is 6.92 Å². The van der Waals surface area contributed by atoms with Gasteiger partial charge in [-0.15, -0.1) is 11.6 Å². The summed E-state index contributed by atoms with van der Waals surface area (Å²) in [5.41, 5.74) is 1.84. The van der Waals surface area contributed by atoms with E-state index in [0.29, 0.717) is 27.6 Å². The molecule has 18 heavy (non-hydrogen) atoms. The minimum Gasteiger partial charge on any atom is -0.437 e. The third-order valence-electron chi connectivity index (χ3n) is 2.36. The fourth-order valence-electron chi connectivity index (χ4n) is 1.47. The van der Waals surface area contributed by atoms with E-state index >= 15 is 0 Å². The second-order valence-corrected chi connectivity index (χ2v) is 4.81. The van der Waals surface area contributed by atoms with E-state index in [-0.39, 0.29) is 0 Å². The van der Waals surface area contributed by atoms with Crippen molar-refractivity contribution in [3.05, 3.63) is 51.6 Å². The number of pyridine rings is 1. The zero-order chi connectivity index (χ0) is 13.1. The van der Waals surface area contributed by atoms with Crippen molar-refractivity contribution in [2.75, 3.05) is 0 Å². The average molecular weight is 303 g/mol. The second-order valence-electron chi connectivity index (χ2n) is 3.75. The van der Waals surface area contributed by atoms with Crippen molar-refractivity contribution in [3.8, 4) is 11.6 Å². The highest BCUT2D eigenvalue weighted by atomic mass is 35.5. The van der Waals surface area contributed by atoms with Crippen LogP contribution >= 0.6 is 34.8 Å². The molecule has 0 aliphatic heterocycles. The topological polar surface area (TPSA) is 22.1 Å². The van der Waals surface area contributed by atoms with E-state index in [2.05, 4.69) is 4.98 Å². The molecule has 0 spiro atoms. The molecular weight excluding hydrogens is 293 g/mol. The number of alkyl halides is 1. The molecular formula is C13H10Cl3NO. The maximum absolute atomic E-state index is 6.05. The highest BCUT2D eigenvalue weighted by Gasteiger charge is 2.09. The monoisotopic (exact) mass is 301 g/mol. The molecule has 0 radical (unpaired) electrons. The van der Waals surface area contributed by atoms with Crippen LogP contribution in [0.1, 0.15) is 11.1 Å². The van der Waals surface area contributed by atoms with E-state index in [1.165, 1.54) is 0 Å². The van der Waals surface area contributed by atoms with Crippen LogP contribution in [0.15, 0.2) is 30.5 Å². The first kappa shape index (κ1) is 13.5. The lowest BCUT2D eigenvalue weighted by Crippen LogP contribution is -1.93. The number of benzene rings is 1. The zero-order valence-electron chi connectivity index (χ0n) is 9.58. The van der Waals surface area contributed by atoms with Gasteiger partial charge in [0.2, 0.25) is 5.88 Å². The van der Waals surface area contributed by atoms with Crippen molar-refractivity contribution in [2.24, 2.45) is 0 Å². The van der Waals surface area contributed by atoms with Crippen LogP contribution in [0.3, 0.4) is 0 Å². The summed E-state index contributed by atoms with van der Waals surface area (Å²) in [7, 11) is 0. The van der Waals surface area contributed by atoms with Crippen LogP contribution < -0.4 is 4.74 Å². The molecule has 0 unspecified atom stereocenters. The number of hydrogen-bond acceptors (Lipinski definition) is 2. The maximum atomic E-state index is 6.05. The van der Waals surface area contributed by atoms with Gasteiger partial charge in [-0.1, -0.05) is 29.3 Å². The summed E-state index contributed by atoms with van der Waals surface area (Å²) >= 11 is 17.7. The Morgan fingerprint density at radius 3 is 2.72 bits per heavy atom. The number of halogens is 3. The zero-order valence-corrected chi connectivity index (χ0v) is 11.9. The first-order chi connectivity index (χ1) is 8.61. The molecule has 0 aliphatic carbocycles. The van der Waals surface area contributed by atoms with Gasteiger partial charge >= 0.3 is 0 Å². The lowest BCUT2D eigenvalue weighted by atomic mass is 10.2. The van der Waals surface area contributed by atoms with Gasteiger partial charge in [0.05, 0.1) is 5.02 Å². The van der Waals surface area contributed by atoms with Gasteiger partial charge in [0.1, 0.15) is 10.8 Å². The lowest BCUT2D eigenvalue weighted by molar-refractivity contribution is 0.459. The van der Waals surface area contributed by atoms with Crippen LogP contribution in [0.4, 0.5) is 0 Å². The second kappa shape index (κ2) is 5.79. The maximum Gasteiger partial charge on any atom is 0.222 e. The Morgan fingerprint density at radius 1 is 1.28 bits per heavy atom. The fraction of sp³-hybridized carbons (Fsp3) is 0.154. The number of aryl methyl sites for hydroxylation is 1. The third-order valence-corrected chi connectivity index (χ3v) is 3.47. The molecule has 0 bridgehead atoms. The SMILES string of the molecule is Cc1cc(CCl)cnc1Oc1cccc(Cl)c1Cl. The first-order valence-electron chi connectivity index (χ1n) is 5.25. The Labute approximate surface area is 120 Å². The molecule has 2 nitrogen and oxygen atoms in total. The normalized spacial score (nSPS) is 10.4. The highest BCUT2D eigenvalue weighted by molar-refractivity contribution is 6.42. The standard InChI is InChI=1S/C13H10Cl3NO/c1-8-5-9(6-14)7-17-13(8)18-11-4-2-3-10(15)12(11)16/h2-5,7H,6H2,1H3. The Balaban J connectivity index is 2.31. The van der Waals surface area contributed by atoms with Gasteiger partial charge in [0, 0.05) is 17.6 Å². The van der Waals surface area contributed by atoms with Crippen LogP contribution in [0.2, 0.25) is 10.0 Å². The third kappa shape index (κ3) is 2.89. The Bertz CT molecular complexity index is 572. The molecule has 1 aromatic carbocycles. The average Bonchev–Trinajstić information content (AvgIpc) is 2.37. The van der Waals surface area contributed by atoms with Crippen LogP contribution in [0.5, 0.6) is 11.6 Å². The van der Waals surface area contributed by atoms with E-state index in [1.54, 1.807) is 24.4 Å². The fourth-order valence-corrected chi connectivity index (χ4v) is 1.94. The molecule has 1 aromatic heterocycles. The summed E-state index contributed by atoms with van der Waals surface area (Å²) in [6, 6.07) is 7.14. The Kier molecular flexibility index (Phi) is 4.33. The van der Waals surface area contributed by atoms with Crippen molar-refractivity contribution in [1.29, 1.82) is 0 Å². The van der Waals surface area contributed by atoms with Crippen molar-refractivity contribution in [3.63, 3.8) is 0 Å². The number of ether oxygens (including phenoxy) is 1. The van der Waals surface area contributed by atoms with Crippen molar-refractivity contribution < 1.29 is 4.74 Å². The predicted octanol–water partition coefficient (Wildman–Crippen LogP) is 5.23. The van der Waals surface area contributed by atoms with E-state index in [4.69, 9.17) is 39.5 Å². The van der Waals surface area contributed by atoms with E-state index in [9.17, 15) is 0 Å². The molecule has 5 heteroatoms. The molecule has 2 rings (SSSR count). The van der Waals surface area contributed by atoms with Gasteiger partial charge < -0.3 is 4.74 Å². The Hall–Kier alpha value is -0.960. The van der Waals surface area contributed by atoms with Gasteiger partial charge in [0.25, 0.3) is 0 Å². The lowest BCUT2D eigenvalue weighted by Gasteiger charge is -2.10. The van der Waals surface area contributed by atoms with Crippen LogP contribution in [-0.2, 0) is 5.88 Å². The smallest absolute Gasteiger partial charge is 0.222 e. The molecule has 0 N–H and O–H groups in total. The van der Waals surface area contributed by atoms with E-state index in [1.807, 2.05) is 13.0 Å². The van der Waals surface area contributed by atoms with Gasteiger partial charge in [0.15, 0.2) is 0 Å². The number of nitrogens with zero attached hydrogens (tertiary/aromatic N) is 1. The van der Waals surface area contributed by atoms with Gasteiger partial charge in [-0.2, -0.15) is 0 Å². The van der Waals surface area contributed by atoms with Crippen molar-refractivity contribution in [1.82, 2.24) is 4.98 Å². The number of hydrogen-bond donors (Lipinski definition) is 0. The van der Waals surface area contributed by atoms with Crippen molar-refractivity contribution >= 4 is 34.8 Å². The summed E-state index contributed by atoms with van der Waals surface area (Å²) in [4.78, 5) is 4.21. The summed E-state index contributed by atoms with van der Waals surface area (Å²) in [5, 5.41) is 0.825. The molecule has 0 saturated heterocycles. The molecule has 0 saturated carbocycles. The highest BCUT2D eigenvalue weighted by Crippen LogP contribution is 2.34. The molecule has 1 heterocycles. The van der Waals surface area contributed by atoms with E-state index in [0.717, 1.165) is 11.1 Å². The predicted molar refractivity (Wildman–Crippen MR) is 75.1 cm³/mol. The molecule has 0 atom stereocenters. The van der Waals surface area contributed by atoms with Crippen molar-refractivity contribution in [2.45, 2.75) is 12.8 Å². The van der Waals surface area contributed by atoms with E-state index < -0.39 is 0 Å². The van der Waals surface area contributed by atoms with Crippen LogP contribution in [0.25, 0.3) is 0 Å². The number of rotatable bonds is 3. The summed E-state index contributed by atoms with van der Waals surface area (Å²) in [5.74, 6) is 1.40.